The molecule has 2 aromatic rings. The van der Waals surface area contributed by atoms with Gasteiger partial charge in [0, 0.05) is 12.0 Å². The van der Waals surface area contributed by atoms with E-state index in [1.807, 2.05) is 19.1 Å². The van der Waals surface area contributed by atoms with Gasteiger partial charge in [0.15, 0.2) is 0 Å². The van der Waals surface area contributed by atoms with E-state index in [9.17, 15) is 9.59 Å². The molecule has 1 saturated heterocycles. The number of nitrogens with two attached hydrogens (primary N) is 1. The number of anilines is 1. The third kappa shape index (κ3) is 3.00. The third-order valence-corrected chi connectivity index (χ3v) is 4.15. The minimum absolute atomic E-state index is 0.196. The van der Waals surface area contributed by atoms with Crippen molar-refractivity contribution in [3.8, 4) is 0 Å². The Morgan fingerprint density at radius 1 is 1.38 bits per heavy atom. The number of nitrogens with zero attached hydrogens (tertiary/aromatic N) is 1. The van der Waals surface area contributed by atoms with Crippen molar-refractivity contribution in [1.82, 2.24) is 4.98 Å². The maximum Gasteiger partial charge on any atom is 0.249 e. The third-order valence-electron chi connectivity index (χ3n) is 4.15. The van der Waals surface area contributed by atoms with Crippen molar-refractivity contribution in [3.63, 3.8) is 0 Å². The van der Waals surface area contributed by atoms with Crippen molar-refractivity contribution in [3.05, 3.63) is 48.0 Å². The molecule has 0 unspecified atom stereocenters. The number of carbonyl (C=O) groups is 2. The quantitative estimate of drug-likeness (QED) is 0.843. The Hall–Kier alpha value is -2.73. The summed E-state index contributed by atoms with van der Waals surface area (Å²) < 4.78 is 5.56. The van der Waals surface area contributed by atoms with Crippen molar-refractivity contribution in [1.29, 1.82) is 0 Å². The van der Waals surface area contributed by atoms with Gasteiger partial charge in [0.25, 0.3) is 0 Å². The van der Waals surface area contributed by atoms with Gasteiger partial charge < -0.3 is 15.8 Å². The van der Waals surface area contributed by atoms with Crippen molar-refractivity contribution < 1.29 is 14.3 Å². The van der Waals surface area contributed by atoms with E-state index in [4.69, 9.17) is 10.5 Å². The molecule has 0 spiro atoms. The molecule has 124 valence electrons. The van der Waals surface area contributed by atoms with Gasteiger partial charge in [-0.3, -0.25) is 9.59 Å². The topological polar surface area (TPSA) is 94.3 Å². The van der Waals surface area contributed by atoms with E-state index in [1.165, 1.54) is 6.07 Å². The second kappa shape index (κ2) is 6.41. The fourth-order valence-electron chi connectivity index (χ4n) is 3.01. The predicted octanol–water partition coefficient (Wildman–Crippen LogP) is 2.25. The molecule has 0 saturated carbocycles. The van der Waals surface area contributed by atoms with Crippen LogP contribution in [0.5, 0.6) is 0 Å². The van der Waals surface area contributed by atoms with E-state index < -0.39 is 5.91 Å². The Bertz CT molecular complexity index is 831. The molecule has 6 nitrogen and oxygen atoms in total. The molecular weight excluding hydrogens is 306 g/mol. The van der Waals surface area contributed by atoms with Crippen LogP contribution in [0.15, 0.2) is 42.5 Å². The van der Waals surface area contributed by atoms with Crippen LogP contribution in [0.4, 0.5) is 5.82 Å². The number of nitrogens with one attached hydrogen (secondary N) is 1. The molecule has 1 aliphatic rings. The van der Waals surface area contributed by atoms with Gasteiger partial charge >= 0.3 is 0 Å². The highest BCUT2D eigenvalue weighted by Crippen LogP contribution is 2.27. The summed E-state index contributed by atoms with van der Waals surface area (Å²) in [7, 11) is 0. The van der Waals surface area contributed by atoms with E-state index in [0.29, 0.717) is 35.3 Å². The van der Waals surface area contributed by atoms with Crippen LogP contribution in [0.2, 0.25) is 0 Å². The zero-order valence-electron chi connectivity index (χ0n) is 13.4. The average Bonchev–Trinajstić information content (AvgIpc) is 3.04. The Balaban J connectivity index is 1.91. The lowest BCUT2D eigenvalue weighted by Gasteiger charge is -2.18. The maximum atomic E-state index is 12.6. The first kappa shape index (κ1) is 16.1. The molecule has 6 heteroatoms. The lowest BCUT2D eigenvalue weighted by molar-refractivity contribution is -0.120. The Labute approximate surface area is 139 Å². The first-order chi connectivity index (χ1) is 11.5. The molecule has 3 N–H and O–H groups in total. The normalized spacial score (nSPS) is 20.0. The number of aromatic nitrogens is 1. The molecule has 1 aromatic carbocycles. The average molecular weight is 325 g/mol. The summed E-state index contributed by atoms with van der Waals surface area (Å²) in [6, 6.07) is 8.67. The number of hydrogen-bond acceptors (Lipinski definition) is 4. The van der Waals surface area contributed by atoms with Gasteiger partial charge in [-0.05, 0) is 25.5 Å². The number of carbonyl (C=O) groups excluding carboxylic acids is 2. The Morgan fingerprint density at radius 3 is 2.83 bits per heavy atom. The lowest BCUT2D eigenvalue weighted by Crippen LogP contribution is -2.30. The van der Waals surface area contributed by atoms with Crippen LogP contribution in [-0.2, 0) is 9.53 Å². The minimum Gasteiger partial charge on any atom is -0.373 e. The highest BCUT2D eigenvalue weighted by molar-refractivity contribution is 6.07. The molecule has 2 amide bonds. The number of rotatable bonds is 4. The summed E-state index contributed by atoms with van der Waals surface area (Å²) in [5, 5.41) is 3.44. The molecule has 0 bridgehead atoms. The summed E-state index contributed by atoms with van der Waals surface area (Å²) >= 11 is 0. The molecule has 1 aliphatic heterocycles. The van der Waals surface area contributed by atoms with E-state index in [0.717, 1.165) is 5.57 Å². The van der Waals surface area contributed by atoms with Crippen molar-refractivity contribution in [2.24, 2.45) is 11.7 Å². The Kier molecular flexibility index (Phi) is 4.31. The molecule has 24 heavy (non-hydrogen) atoms. The molecule has 3 rings (SSSR count). The summed E-state index contributed by atoms with van der Waals surface area (Å²) in [6.45, 7) is 6.24. The zero-order chi connectivity index (χ0) is 17.3. The smallest absolute Gasteiger partial charge is 0.249 e. The monoisotopic (exact) mass is 325 g/mol. The van der Waals surface area contributed by atoms with Gasteiger partial charge in [-0.15, -0.1) is 0 Å². The molecule has 0 aliphatic carbocycles. The number of benzene rings is 1. The number of pyridine rings is 1. The fraction of sp³-hybridized carbons (Fsp3) is 0.278. The van der Waals surface area contributed by atoms with E-state index >= 15 is 0 Å². The van der Waals surface area contributed by atoms with Crippen LogP contribution in [0, 0.1) is 5.92 Å². The van der Waals surface area contributed by atoms with Crippen LogP contribution in [0.25, 0.3) is 10.9 Å². The number of amides is 2. The van der Waals surface area contributed by atoms with Crippen LogP contribution >= 0.6 is 0 Å². The fourth-order valence-corrected chi connectivity index (χ4v) is 3.01. The number of hydrogen-bond donors (Lipinski definition) is 2. The van der Waals surface area contributed by atoms with Gasteiger partial charge in [-0.1, -0.05) is 30.4 Å². The standard InChI is InChI=1S/C18H19N3O3/c1-10(2)16-12(7-8-24-16)18(23)21-15-9-13(17(19)22)11-5-3-4-6-14(11)20-15/h3-6,9,12,16H,1,7-8H2,2H3,(H2,19,22)(H,20,21,23)/t12-,16-/m0/s1. The summed E-state index contributed by atoms with van der Waals surface area (Å²) in [5.41, 5.74) is 7.20. The van der Waals surface area contributed by atoms with Gasteiger partial charge in [-0.25, -0.2) is 4.98 Å². The Morgan fingerprint density at radius 2 is 2.12 bits per heavy atom. The van der Waals surface area contributed by atoms with Crippen LogP contribution in [-0.4, -0.2) is 29.5 Å². The van der Waals surface area contributed by atoms with Crippen molar-refractivity contribution in [2.45, 2.75) is 19.4 Å². The largest absolute Gasteiger partial charge is 0.373 e. The first-order valence-corrected chi connectivity index (χ1v) is 7.75. The minimum atomic E-state index is -0.562. The first-order valence-electron chi connectivity index (χ1n) is 7.75. The zero-order valence-corrected chi connectivity index (χ0v) is 13.4. The molecule has 1 aromatic heterocycles. The highest BCUT2D eigenvalue weighted by atomic mass is 16.5. The van der Waals surface area contributed by atoms with Crippen LogP contribution in [0.1, 0.15) is 23.7 Å². The van der Waals surface area contributed by atoms with Gasteiger partial charge in [0.05, 0.1) is 23.1 Å². The molecule has 1 fully saturated rings. The second-order valence-electron chi connectivity index (χ2n) is 5.96. The van der Waals surface area contributed by atoms with Crippen molar-refractivity contribution in [2.75, 3.05) is 11.9 Å². The SMILES string of the molecule is C=C(C)[C@@H]1OCC[C@@H]1C(=O)Nc1cc(C(N)=O)c2ccccc2n1. The number of para-hydroxylation sites is 1. The highest BCUT2D eigenvalue weighted by Gasteiger charge is 2.34. The van der Waals surface area contributed by atoms with Gasteiger partial charge in [0.2, 0.25) is 11.8 Å². The summed E-state index contributed by atoms with van der Waals surface area (Å²) in [4.78, 5) is 28.7. The van der Waals surface area contributed by atoms with Crippen molar-refractivity contribution >= 4 is 28.5 Å². The molecular formula is C18H19N3O3. The molecule has 2 atom stereocenters. The number of primary amides is 1. The van der Waals surface area contributed by atoms with Gasteiger partial charge in [0.1, 0.15) is 5.82 Å². The maximum absolute atomic E-state index is 12.6. The molecule has 0 radical (unpaired) electrons. The van der Waals surface area contributed by atoms with Crippen LogP contribution in [0.3, 0.4) is 0 Å². The number of fused-ring (bicyclic) bond motifs is 1. The summed E-state index contributed by atoms with van der Waals surface area (Å²) in [5.74, 6) is -0.764. The van der Waals surface area contributed by atoms with Crippen LogP contribution < -0.4 is 11.1 Å². The predicted molar refractivity (Wildman–Crippen MR) is 91.6 cm³/mol. The lowest BCUT2D eigenvalue weighted by atomic mass is 9.96. The summed E-state index contributed by atoms with van der Waals surface area (Å²) in [6.07, 6.45) is 0.334. The molecule has 2 heterocycles. The second-order valence-corrected chi connectivity index (χ2v) is 5.96. The number of ether oxygens (including phenoxy) is 1. The van der Waals surface area contributed by atoms with E-state index in [2.05, 4.69) is 16.9 Å². The van der Waals surface area contributed by atoms with Gasteiger partial charge in [-0.2, -0.15) is 0 Å². The van der Waals surface area contributed by atoms with E-state index in [1.54, 1.807) is 12.1 Å². The van der Waals surface area contributed by atoms with E-state index in [-0.39, 0.29) is 17.9 Å².